The van der Waals surface area contributed by atoms with Gasteiger partial charge in [-0.1, -0.05) is 0 Å². The average molecular weight is 515 g/mol. The van der Waals surface area contributed by atoms with Gasteiger partial charge in [0.15, 0.2) is 15.7 Å². The summed E-state index contributed by atoms with van der Waals surface area (Å²) in [6.45, 7) is 3.65. The SMILES string of the molecule is CC(C(N)=O)S(=O)(=O)C1(c2cc(N3CCOCC3)nc(-c3ccc(NC(=O)NC4CC4)cc3)n2)CC1. The molecule has 1 unspecified atom stereocenters. The molecule has 192 valence electrons. The number of hydrogen-bond acceptors (Lipinski definition) is 8. The van der Waals surface area contributed by atoms with E-state index in [1.54, 1.807) is 30.3 Å². The van der Waals surface area contributed by atoms with Gasteiger partial charge >= 0.3 is 6.03 Å². The van der Waals surface area contributed by atoms with Crippen LogP contribution in [-0.4, -0.2) is 67.9 Å². The summed E-state index contributed by atoms with van der Waals surface area (Å²) >= 11 is 0. The predicted octanol–water partition coefficient (Wildman–Crippen LogP) is 1.54. The highest BCUT2D eigenvalue weighted by Gasteiger charge is 2.60. The molecule has 0 bridgehead atoms. The molecule has 1 atom stereocenters. The number of hydrogen-bond donors (Lipinski definition) is 3. The van der Waals surface area contributed by atoms with Gasteiger partial charge in [0.1, 0.15) is 15.8 Å². The number of benzene rings is 1. The topological polar surface area (TPSA) is 157 Å². The molecule has 12 heteroatoms. The van der Waals surface area contributed by atoms with E-state index in [9.17, 15) is 18.0 Å². The molecule has 1 aliphatic heterocycles. The molecule has 2 aliphatic carbocycles. The first-order valence-corrected chi connectivity index (χ1v) is 13.7. The van der Waals surface area contributed by atoms with E-state index in [1.807, 2.05) is 4.90 Å². The number of sulfone groups is 1. The average Bonchev–Trinajstić information content (AvgIpc) is 3.80. The summed E-state index contributed by atoms with van der Waals surface area (Å²) in [5.41, 5.74) is 7.03. The summed E-state index contributed by atoms with van der Waals surface area (Å²) < 4.78 is 31.0. The first-order chi connectivity index (χ1) is 17.2. The number of ether oxygens (including phenoxy) is 1. The van der Waals surface area contributed by atoms with Crippen LogP contribution in [0.2, 0.25) is 0 Å². The van der Waals surface area contributed by atoms with E-state index in [4.69, 9.17) is 15.5 Å². The molecule has 3 fully saturated rings. The first kappa shape index (κ1) is 24.4. The highest BCUT2D eigenvalue weighted by molar-refractivity contribution is 7.94. The quantitative estimate of drug-likeness (QED) is 0.479. The second-order valence-corrected chi connectivity index (χ2v) is 12.1. The lowest BCUT2D eigenvalue weighted by molar-refractivity contribution is -0.117. The summed E-state index contributed by atoms with van der Waals surface area (Å²) in [6, 6.07) is 8.80. The Hall–Kier alpha value is -3.25. The van der Waals surface area contributed by atoms with Gasteiger partial charge < -0.3 is 26.0 Å². The van der Waals surface area contributed by atoms with Crippen molar-refractivity contribution in [3.63, 3.8) is 0 Å². The first-order valence-electron chi connectivity index (χ1n) is 12.1. The normalized spacial score (nSPS) is 19.9. The number of carbonyl (C=O) groups excluding carboxylic acids is 2. The van der Waals surface area contributed by atoms with Crippen molar-refractivity contribution in [2.75, 3.05) is 36.5 Å². The van der Waals surface area contributed by atoms with Crippen LogP contribution in [0.5, 0.6) is 0 Å². The number of anilines is 2. The number of urea groups is 1. The van der Waals surface area contributed by atoms with Crippen LogP contribution in [0.4, 0.5) is 16.3 Å². The lowest BCUT2D eigenvalue weighted by atomic mass is 10.1. The van der Waals surface area contributed by atoms with Crippen molar-refractivity contribution in [3.05, 3.63) is 36.0 Å². The highest BCUT2D eigenvalue weighted by Crippen LogP contribution is 2.54. The molecule has 0 spiro atoms. The van der Waals surface area contributed by atoms with Gasteiger partial charge in [0, 0.05) is 36.4 Å². The Kier molecular flexibility index (Phi) is 6.33. The number of aromatic nitrogens is 2. The number of nitrogens with one attached hydrogen (secondary N) is 2. The zero-order valence-corrected chi connectivity index (χ0v) is 20.9. The molecular formula is C24H30N6O5S. The van der Waals surface area contributed by atoms with E-state index in [0.717, 1.165) is 12.8 Å². The molecule has 11 nitrogen and oxygen atoms in total. The van der Waals surface area contributed by atoms with Crippen LogP contribution in [0.15, 0.2) is 30.3 Å². The Morgan fingerprint density at radius 1 is 1.14 bits per heavy atom. The Balaban J connectivity index is 1.49. The highest BCUT2D eigenvalue weighted by atomic mass is 32.2. The van der Waals surface area contributed by atoms with Crippen LogP contribution in [0.25, 0.3) is 11.4 Å². The second kappa shape index (κ2) is 9.32. The van der Waals surface area contributed by atoms with Gasteiger partial charge in [-0.15, -0.1) is 0 Å². The van der Waals surface area contributed by atoms with Crippen LogP contribution in [0, 0.1) is 0 Å². The van der Waals surface area contributed by atoms with Crippen molar-refractivity contribution in [1.29, 1.82) is 0 Å². The Labute approximate surface area is 209 Å². The minimum atomic E-state index is -3.91. The Bertz CT molecular complexity index is 1270. The number of rotatable bonds is 8. The van der Waals surface area contributed by atoms with Crippen molar-refractivity contribution >= 4 is 33.3 Å². The third kappa shape index (κ3) is 4.74. The van der Waals surface area contributed by atoms with Crippen molar-refractivity contribution in [3.8, 4) is 11.4 Å². The van der Waals surface area contributed by atoms with E-state index in [-0.39, 0.29) is 12.1 Å². The Morgan fingerprint density at radius 3 is 2.39 bits per heavy atom. The lowest BCUT2D eigenvalue weighted by Crippen LogP contribution is -2.40. The molecule has 5 rings (SSSR count). The summed E-state index contributed by atoms with van der Waals surface area (Å²) in [5, 5.41) is 4.36. The number of primary amides is 1. The van der Waals surface area contributed by atoms with Crippen LogP contribution < -0.4 is 21.3 Å². The largest absolute Gasteiger partial charge is 0.378 e. The maximum absolute atomic E-state index is 13.4. The van der Waals surface area contributed by atoms with E-state index < -0.39 is 25.7 Å². The number of amides is 3. The van der Waals surface area contributed by atoms with Crippen LogP contribution >= 0.6 is 0 Å². The lowest BCUT2D eigenvalue weighted by Gasteiger charge is -2.29. The number of nitrogens with two attached hydrogens (primary N) is 1. The summed E-state index contributed by atoms with van der Waals surface area (Å²) in [4.78, 5) is 35.3. The third-order valence-electron chi connectivity index (χ3n) is 6.94. The smallest absolute Gasteiger partial charge is 0.319 e. The van der Waals surface area contributed by atoms with Crippen molar-refractivity contribution in [2.24, 2.45) is 5.73 Å². The standard InChI is InChI=1S/C24H30N6O5S/c1-15(21(25)31)36(33,34)24(8-9-24)19-14-20(30-10-12-35-13-11-30)29-22(28-19)16-2-4-17(5-3-16)26-23(32)27-18-6-7-18/h2-5,14-15,18H,6-13H2,1H3,(H2,25,31)(H2,26,27,32). The minimum absolute atomic E-state index is 0.248. The number of morpholine rings is 1. The molecule has 2 aromatic rings. The van der Waals surface area contributed by atoms with Gasteiger partial charge in [0.25, 0.3) is 0 Å². The van der Waals surface area contributed by atoms with E-state index in [0.29, 0.717) is 67.7 Å². The fraction of sp³-hybridized carbons (Fsp3) is 0.500. The Morgan fingerprint density at radius 2 is 1.81 bits per heavy atom. The second-order valence-electron chi connectivity index (χ2n) is 9.57. The van der Waals surface area contributed by atoms with Gasteiger partial charge in [-0.25, -0.2) is 23.2 Å². The molecule has 1 aromatic heterocycles. The number of carbonyl (C=O) groups is 2. The van der Waals surface area contributed by atoms with E-state index in [1.165, 1.54) is 6.92 Å². The number of nitrogens with zero attached hydrogens (tertiary/aromatic N) is 3. The van der Waals surface area contributed by atoms with Gasteiger partial charge in [-0.3, -0.25) is 4.79 Å². The fourth-order valence-electron chi connectivity index (χ4n) is 4.33. The third-order valence-corrected chi connectivity index (χ3v) is 9.81. The molecule has 3 aliphatic rings. The minimum Gasteiger partial charge on any atom is -0.378 e. The monoisotopic (exact) mass is 514 g/mol. The van der Waals surface area contributed by atoms with Crippen LogP contribution in [0.3, 0.4) is 0 Å². The molecule has 2 heterocycles. The van der Waals surface area contributed by atoms with Crippen molar-refractivity contribution in [1.82, 2.24) is 15.3 Å². The molecule has 4 N–H and O–H groups in total. The van der Waals surface area contributed by atoms with Crippen LogP contribution in [-0.2, 0) is 24.1 Å². The van der Waals surface area contributed by atoms with Crippen molar-refractivity contribution < 1.29 is 22.7 Å². The molecule has 0 radical (unpaired) electrons. The predicted molar refractivity (Wildman–Crippen MR) is 134 cm³/mol. The molecule has 3 amide bonds. The zero-order chi connectivity index (χ0) is 25.5. The van der Waals surface area contributed by atoms with Gasteiger partial charge in [0.2, 0.25) is 5.91 Å². The summed E-state index contributed by atoms with van der Waals surface area (Å²) in [5.74, 6) is 0.103. The maximum Gasteiger partial charge on any atom is 0.319 e. The van der Waals surface area contributed by atoms with Gasteiger partial charge in [0.05, 0.1) is 18.9 Å². The zero-order valence-electron chi connectivity index (χ0n) is 20.1. The van der Waals surface area contributed by atoms with E-state index in [2.05, 4.69) is 15.6 Å². The van der Waals surface area contributed by atoms with Crippen LogP contribution in [0.1, 0.15) is 38.3 Å². The maximum atomic E-state index is 13.4. The fourth-order valence-corrected chi connectivity index (χ4v) is 6.38. The van der Waals surface area contributed by atoms with Gasteiger partial charge in [-0.05, 0) is 56.9 Å². The molecule has 1 aromatic carbocycles. The molecular weight excluding hydrogens is 484 g/mol. The summed E-state index contributed by atoms with van der Waals surface area (Å²) in [6.07, 6.45) is 2.73. The molecule has 36 heavy (non-hydrogen) atoms. The van der Waals surface area contributed by atoms with Gasteiger partial charge in [-0.2, -0.15) is 0 Å². The summed E-state index contributed by atoms with van der Waals surface area (Å²) in [7, 11) is -3.91. The molecule has 2 saturated carbocycles. The van der Waals surface area contributed by atoms with E-state index >= 15 is 0 Å². The molecule has 1 saturated heterocycles. The van der Waals surface area contributed by atoms with Crippen molar-refractivity contribution in [2.45, 2.75) is 48.6 Å².